The summed E-state index contributed by atoms with van der Waals surface area (Å²) in [6.45, 7) is 1.12. The zero-order chi connectivity index (χ0) is 6.53. The van der Waals surface area contributed by atoms with E-state index in [1.165, 1.54) is 0 Å². The Morgan fingerprint density at radius 2 is 2.67 bits per heavy atom. The molecule has 1 N–H and O–H groups in total. The van der Waals surface area contributed by atoms with Gasteiger partial charge in [0.05, 0.1) is 13.2 Å². The fourth-order valence-corrected chi connectivity index (χ4v) is 2.61. The van der Waals surface area contributed by atoms with Gasteiger partial charge in [-0.05, 0) is 0 Å². The first kappa shape index (κ1) is 7.72. The number of aliphatic hydroxyl groups excluding tert-OH is 1. The van der Waals surface area contributed by atoms with Gasteiger partial charge in [-0.25, -0.2) is 0 Å². The molecule has 0 aromatic rings. The van der Waals surface area contributed by atoms with Gasteiger partial charge in [0.15, 0.2) is 0 Å². The van der Waals surface area contributed by atoms with Gasteiger partial charge in [0.2, 0.25) is 0 Å². The molecule has 0 aromatic carbocycles. The van der Waals surface area contributed by atoms with Crippen molar-refractivity contribution in [3.05, 3.63) is 0 Å². The van der Waals surface area contributed by atoms with Crippen LogP contribution in [-0.2, 0) is 4.74 Å². The Kier molecular flexibility index (Phi) is 3.81. The maximum absolute atomic E-state index is 8.44. The summed E-state index contributed by atoms with van der Waals surface area (Å²) in [4.78, 5) is 0. The maximum Gasteiger partial charge on any atom is 0.149 e. The smallest absolute Gasteiger partial charge is 0.149 e. The molecular formula is C5H10O2S2. The molecule has 1 atom stereocenters. The maximum atomic E-state index is 8.44. The summed E-state index contributed by atoms with van der Waals surface area (Å²) in [7, 11) is 0. The lowest BCUT2D eigenvalue weighted by atomic mass is 10.9. The number of rotatable bonds is 3. The first-order valence-corrected chi connectivity index (χ1v) is 4.99. The molecule has 4 heteroatoms. The van der Waals surface area contributed by atoms with Crippen LogP contribution in [0.25, 0.3) is 0 Å². The number of aliphatic hydroxyl groups is 1. The van der Waals surface area contributed by atoms with Crippen LogP contribution in [0.3, 0.4) is 0 Å². The molecule has 1 fully saturated rings. The molecule has 1 rings (SSSR count). The Hall–Kier alpha value is 0.620. The highest BCUT2D eigenvalue weighted by Gasteiger charge is 2.14. The Bertz CT molecular complexity index is 73.4. The van der Waals surface area contributed by atoms with E-state index in [1.807, 2.05) is 11.8 Å². The van der Waals surface area contributed by atoms with E-state index in [2.05, 4.69) is 0 Å². The molecule has 2 nitrogen and oxygen atoms in total. The van der Waals surface area contributed by atoms with Gasteiger partial charge >= 0.3 is 0 Å². The molecule has 1 aliphatic heterocycles. The Morgan fingerprint density at radius 1 is 1.78 bits per heavy atom. The highest BCUT2D eigenvalue weighted by Crippen LogP contribution is 2.29. The van der Waals surface area contributed by atoms with Gasteiger partial charge in [-0.3, -0.25) is 0 Å². The number of hydrogen-bond acceptors (Lipinski definition) is 4. The van der Waals surface area contributed by atoms with E-state index in [4.69, 9.17) is 9.84 Å². The fourth-order valence-electron chi connectivity index (χ4n) is 0.582. The van der Waals surface area contributed by atoms with E-state index in [-0.39, 0.29) is 11.4 Å². The minimum absolute atomic E-state index is 0.255. The van der Waals surface area contributed by atoms with Crippen molar-refractivity contribution in [2.24, 2.45) is 0 Å². The number of thioether (sulfide) groups is 2. The van der Waals surface area contributed by atoms with Gasteiger partial charge in [-0.15, -0.1) is 23.5 Å². The minimum Gasteiger partial charge on any atom is -0.396 e. The summed E-state index contributed by atoms with van der Waals surface area (Å²) in [6.07, 6.45) is 0. The van der Waals surface area contributed by atoms with Crippen molar-refractivity contribution in [3.8, 4) is 0 Å². The van der Waals surface area contributed by atoms with Crippen LogP contribution in [0.1, 0.15) is 0 Å². The van der Waals surface area contributed by atoms with E-state index in [9.17, 15) is 0 Å². The van der Waals surface area contributed by atoms with E-state index < -0.39 is 0 Å². The molecule has 0 spiro atoms. The van der Waals surface area contributed by atoms with Crippen LogP contribution in [-0.4, -0.2) is 34.6 Å². The van der Waals surface area contributed by atoms with Gasteiger partial charge in [-0.1, -0.05) is 0 Å². The minimum atomic E-state index is 0.255. The van der Waals surface area contributed by atoms with Gasteiger partial charge in [0.1, 0.15) is 4.77 Å². The van der Waals surface area contributed by atoms with Crippen LogP contribution in [0.4, 0.5) is 0 Å². The molecule has 0 bridgehead atoms. The second-order valence-electron chi connectivity index (χ2n) is 1.62. The molecule has 0 saturated carbocycles. The van der Waals surface area contributed by atoms with Crippen molar-refractivity contribution >= 4 is 23.5 Å². The van der Waals surface area contributed by atoms with Gasteiger partial charge in [-0.2, -0.15) is 0 Å². The molecule has 1 heterocycles. The van der Waals surface area contributed by atoms with E-state index in [0.717, 1.165) is 18.1 Å². The third-order valence-corrected chi connectivity index (χ3v) is 3.39. The van der Waals surface area contributed by atoms with Crippen LogP contribution in [0.2, 0.25) is 0 Å². The van der Waals surface area contributed by atoms with Crippen molar-refractivity contribution in [2.75, 3.05) is 24.7 Å². The van der Waals surface area contributed by atoms with Gasteiger partial charge < -0.3 is 9.84 Å². The van der Waals surface area contributed by atoms with E-state index in [1.54, 1.807) is 11.8 Å². The normalized spacial score (nSPS) is 27.0. The largest absolute Gasteiger partial charge is 0.396 e. The van der Waals surface area contributed by atoms with Crippen LogP contribution in [0.15, 0.2) is 0 Å². The number of hydrogen-bond donors (Lipinski definition) is 1. The Balaban J connectivity index is 1.98. The lowest BCUT2D eigenvalue weighted by Gasteiger charge is -2.04. The van der Waals surface area contributed by atoms with Crippen molar-refractivity contribution in [3.63, 3.8) is 0 Å². The molecule has 1 aliphatic rings. The first-order chi connectivity index (χ1) is 4.43. The second kappa shape index (κ2) is 4.44. The van der Waals surface area contributed by atoms with Crippen molar-refractivity contribution in [1.82, 2.24) is 0 Å². The van der Waals surface area contributed by atoms with Crippen molar-refractivity contribution < 1.29 is 9.84 Å². The van der Waals surface area contributed by atoms with Crippen LogP contribution < -0.4 is 0 Å². The quantitative estimate of drug-likeness (QED) is 0.670. The highest BCUT2D eigenvalue weighted by atomic mass is 32.2. The van der Waals surface area contributed by atoms with Gasteiger partial charge in [0.25, 0.3) is 0 Å². The summed E-state index contributed by atoms with van der Waals surface area (Å²) in [5.41, 5.74) is 0. The molecule has 9 heavy (non-hydrogen) atoms. The zero-order valence-electron chi connectivity index (χ0n) is 5.08. The third-order valence-electron chi connectivity index (χ3n) is 0.936. The monoisotopic (exact) mass is 166 g/mol. The molecule has 54 valence electrons. The average molecular weight is 166 g/mol. The first-order valence-electron chi connectivity index (χ1n) is 2.89. The number of ether oxygens (including phenoxy) is 1. The molecule has 0 aliphatic carbocycles. The molecule has 0 amide bonds. The highest BCUT2D eigenvalue weighted by molar-refractivity contribution is 8.16. The standard InChI is InChI=1S/C5H10O2S2/c6-1-3-8-5-7-2-4-9-5/h5-6H,1-4H2. The Labute approximate surface area is 63.3 Å². The van der Waals surface area contributed by atoms with Crippen LogP contribution in [0.5, 0.6) is 0 Å². The van der Waals surface area contributed by atoms with E-state index >= 15 is 0 Å². The lowest BCUT2D eigenvalue weighted by molar-refractivity contribution is 0.196. The molecule has 0 aromatic heterocycles. The zero-order valence-corrected chi connectivity index (χ0v) is 6.71. The molecule has 0 radical (unpaired) electrons. The topological polar surface area (TPSA) is 29.5 Å². The summed E-state index contributed by atoms with van der Waals surface area (Å²) in [5, 5.41) is 8.44. The van der Waals surface area contributed by atoms with E-state index in [0.29, 0.717) is 0 Å². The second-order valence-corrected chi connectivity index (χ2v) is 4.26. The van der Waals surface area contributed by atoms with Crippen molar-refractivity contribution in [1.29, 1.82) is 0 Å². The van der Waals surface area contributed by atoms with Gasteiger partial charge in [0, 0.05) is 11.5 Å². The fraction of sp³-hybridized carbons (Fsp3) is 1.00. The van der Waals surface area contributed by atoms with Crippen molar-refractivity contribution in [2.45, 2.75) is 4.77 Å². The molecule has 1 saturated heterocycles. The summed E-state index contributed by atoms with van der Waals surface area (Å²) < 4.78 is 5.56. The third kappa shape index (κ3) is 2.80. The SMILES string of the molecule is OCCSC1OCCS1. The summed E-state index contributed by atoms with van der Waals surface area (Å²) >= 11 is 3.49. The molecular weight excluding hydrogens is 156 g/mol. The van der Waals surface area contributed by atoms with Crippen LogP contribution >= 0.6 is 23.5 Å². The van der Waals surface area contributed by atoms with Crippen LogP contribution in [0, 0.1) is 0 Å². The average Bonchev–Trinajstić information content (AvgIpc) is 2.34. The predicted octanol–water partition coefficient (Wildman–Crippen LogP) is 0.759. The predicted molar refractivity (Wildman–Crippen MR) is 41.7 cm³/mol. The lowest BCUT2D eigenvalue weighted by Crippen LogP contribution is -1.98. The summed E-state index contributed by atoms with van der Waals surface area (Å²) in [5.74, 6) is 1.89. The molecule has 1 unspecified atom stereocenters. The Morgan fingerprint density at radius 3 is 3.22 bits per heavy atom. The summed E-state index contributed by atoms with van der Waals surface area (Å²) in [6, 6.07) is 0.